The first-order valence-electron chi connectivity index (χ1n) is 8.35. The van der Waals surface area contributed by atoms with E-state index in [1.165, 1.54) is 6.07 Å². The zero-order chi connectivity index (χ0) is 20.9. The lowest BCUT2D eigenvalue weighted by atomic mass is 9.72. The number of halogens is 5. The van der Waals surface area contributed by atoms with Gasteiger partial charge in [-0.3, -0.25) is 4.79 Å². The Morgan fingerprint density at radius 2 is 1.86 bits per heavy atom. The van der Waals surface area contributed by atoms with E-state index in [1.807, 2.05) is 0 Å². The second-order valence-electron chi connectivity index (χ2n) is 7.45. The quantitative estimate of drug-likeness (QED) is 0.717. The van der Waals surface area contributed by atoms with Gasteiger partial charge in [0.2, 0.25) is 5.91 Å². The average Bonchev–Trinajstić information content (AvgIpc) is 2.99. The Hall–Kier alpha value is -1.99. The molecule has 2 atom stereocenters. The second-order valence-corrected chi connectivity index (χ2v) is 8.32. The first-order chi connectivity index (χ1) is 12.9. The van der Waals surface area contributed by atoms with Crippen LogP contribution in [-0.2, 0) is 15.2 Å². The van der Waals surface area contributed by atoms with E-state index in [-0.39, 0.29) is 21.3 Å². The molecule has 28 heavy (non-hydrogen) atoms. The van der Waals surface area contributed by atoms with Crippen LogP contribution in [0.25, 0.3) is 0 Å². The van der Waals surface area contributed by atoms with Crippen molar-refractivity contribution in [1.82, 2.24) is 0 Å². The predicted molar refractivity (Wildman–Crippen MR) is 101 cm³/mol. The zero-order valence-corrected chi connectivity index (χ0v) is 16.5. The van der Waals surface area contributed by atoms with E-state index in [9.17, 15) is 18.0 Å². The van der Waals surface area contributed by atoms with Crippen LogP contribution >= 0.6 is 23.2 Å². The van der Waals surface area contributed by atoms with Crippen LogP contribution in [0.5, 0.6) is 0 Å². The molecule has 0 aromatic heterocycles. The van der Waals surface area contributed by atoms with E-state index < -0.39 is 35.4 Å². The number of carbonyl (C=O) groups is 1. The van der Waals surface area contributed by atoms with Crippen molar-refractivity contribution in [3.63, 3.8) is 0 Å². The maximum atomic E-state index is 14.0. The summed E-state index contributed by atoms with van der Waals surface area (Å²) in [5, 5.41) is 3.85. The summed E-state index contributed by atoms with van der Waals surface area (Å²) in [5.41, 5.74) is 2.35. The van der Waals surface area contributed by atoms with Crippen LogP contribution in [0.15, 0.2) is 47.2 Å². The fourth-order valence-corrected chi connectivity index (χ4v) is 4.00. The maximum absolute atomic E-state index is 14.0. The number of primary amides is 1. The third kappa shape index (κ3) is 3.53. The number of rotatable bonds is 3. The molecule has 4 nitrogen and oxygen atoms in total. The highest BCUT2D eigenvalue weighted by Crippen LogP contribution is 2.50. The minimum absolute atomic E-state index is 0.0605. The number of carbonyl (C=O) groups excluding carboxylic acids is 1. The number of amides is 1. The fraction of sp³-hybridized carbons (Fsp3) is 0.368. The predicted octanol–water partition coefficient (Wildman–Crippen LogP) is 5.15. The third-order valence-corrected chi connectivity index (χ3v) is 5.39. The van der Waals surface area contributed by atoms with Gasteiger partial charge in [0, 0.05) is 22.0 Å². The van der Waals surface area contributed by atoms with Gasteiger partial charge >= 0.3 is 6.18 Å². The SMILES string of the molecule is CC1(C)C=C(C2=NOC(c3cc(Cl)cc(Cl)c3)(C(F)(F)F)C2)C=CC1C(N)=O. The first kappa shape index (κ1) is 20.7. The Balaban J connectivity index is 1.99. The molecule has 9 heteroatoms. The number of oxime groups is 1. The summed E-state index contributed by atoms with van der Waals surface area (Å²) >= 11 is 11.8. The summed E-state index contributed by atoms with van der Waals surface area (Å²) in [4.78, 5) is 16.6. The molecule has 0 fully saturated rings. The van der Waals surface area contributed by atoms with Crippen LogP contribution < -0.4 is 5.73 Å². The van der Waals surface area contributed by atoms with E-state index in [1.54, 1.807) is 32.1 Å². The van der Waals surface area contributed by atoms with Crippen LogP contribution in [0.1, 0.15) is 25.8 Å². The number of hydrogen-bond donors (Lipinski definition) is 1. The molecular formula is C19H17Cl2F3N2O2. The van der Waals surface area contributed by atoms with E-state index in [4.69, 9.17) is 33.8 Å². The fourth-order valence-electron chi connectivity index (χ4n) is 3.47. The number of nitrogens with zero attached hydrogens (tertiary/aromatic N) is 1. The van der Waals surface area contributed by atoms with E-state index in [0.717, 1.165) is 12.1 Å². The number of alkyl halides is 3. The molecule has 3 rings (SSSR count). The summed E-state index contributed by atoms with van der Waals surface area (Å²) in [6, 6.07) is 3.67. The Kier molecular flexibility index (Phi) is 5.04. The number of hydrogen-bond acceptors (Lipinski definition) is 3. The van der Waals surface area contributed by atoms with Crippen LogP contribution in [0.2, 0.25) is 10.0 Å². The summed E-state index contributed by atoms with van der Waals surface area (Å²) in [7, 11) is 0. The molecule has 2 aliphatic rings. The zero-order valence-electron chi connectivity index (χ0n) is 15.0. The smallest absolute Gasteiger partial charge is 0.374 e. The molecule has 150 valence electrons. The second kappa shape index (κ2) is 6.81. The minimum atomic E-state index is -4.77. The third-order valence-electron chi connectivity index (χ3n) is 4.95. The lowest BCUT2D eigenvalue weighted by Gasteiger charge is -2.31. The number of allylic oxidation sites excluding steroid dienone is 3. The van der Waals surface area contributed by atoms with Crippen LogP contribution in [-0.4, -0.2) is 17.8 Å². The molecule has 0 saturated heterocycles. The molecule has 2 N–H and O–H groups in total. The average molecular weight is 433 g/mol. The molecule has 1 aliphatic heterocycles. The lowest BCUT2D eigenvalue weighted by molar-refractivity contribution is -0.275. The van der Waals surface area contributed by atoms with Gasteiger partial charge in [-0.25, -0.2) is 0 Å². The highest BCUT2D eigenvalue weighted by molar-refractivity contribution is 6.34. The Morgan fingerprint density at radius 1 is 1.25 bits per heavy atom. The molecule has 0 bridgehead atoms. The van der Waals surface area contributed by atoms with Crippen molar-refractivity contribution in [2.24, 2.45) is 22.2 Å². The monoisotopic (exact) mass is 432 g/mol. The highest BCUT2D eigenvalue weighted by atomic mass is 35.5. The van der Waals surface area contributed by atoms with Crippen molar-refractivity contribution in [2.45, 2.75) is 32.0 Å². The van der Waals surface area contributed by atoms with Crippen LogP contribution in [0.4, 0.5) is 13.2 Å². The van der Waals surface area contributed by atoms with Gasteiger partial charge in [-0.05, 0) is 29.2 Å². The van der Waals surface area contributed by atoms with E-state index >= 15 is 0 Å². The van der Waals surface area contributed by atoms with Gasteiger partial charge in [-0.15, -0.1) is 0 Å². The maximum Gasteiger partial charge on any atom is 0.435 e. The van der Waals surface area contributed by atoms with Crippen molar-refractivity contribution in [3.8, 4) is 0 Å². The van der Waals surface area contributed by atoms with E-state index in [2.05, 4.69) is 5.16 Å². The Labute approximate surface area is 169 Å². The van der Waals surface area contributed by atoms with Gasteiger partial charge in [-0.1, -0.05) is 60.4 Å². The van der Waals surface area contributed by atoms with Gasteiger partial charge in [0.15, 0.2) is 0 Å². The minimum Gasteiger partial charge on any atom is -0.374 e. The van der Waals surface area contributed by atoms with Gasteiger partial charge in [0.05, 0.1) is 11.6 Å². The van der Waals surface area contributed by atoms with E-state index in [0.29, 0.717) is 5.57 Å². The molecule has 1 aliphatic carbocycles. The summed E-state index contributed by atoms with van der Waals surface area (Å²) < 4.78 is 42.1. The van der Waals surface area contributed by atoms with Crippen molar-refractivity contribution in [1.29, 1.82) is 0 Å². The Bertz CT molecular complexity index is 902. The largest absolute Gasteiger partial charge is 0.435 e. The molecule has 0 saturated carbocycles. The molecular weight excluding hydrogens is 416 g/mol. The van der Waals surface area contributed by atoms with Crippen molar-refractivity contribution < 1.29 is 22.8 Å². The standard InChI is InChI=1S/C19H17Cl2F3N2O2/c1-17(2)8-10(3-4-14(17)16(25)27)15-9-18(28-26-15,19(22,23)24)11-5-12(20)7-13(21)6-11/h3-8,14H,9H2,1-2H3,(H2,25,27). The van der Waals surface area contributed by atoms with Crippen LogP contribution in [0.3, 0.4) is 0 Å². The van der Waals surface area contributed by atoms with Gasteiger partial charge in [0.1, 0.15) is 0 Å². The topological polar surface area (TPSA) is 64.7 Å². The normalized spacial score (nSPS) is 26.5. The Morgan fingerprint density at radius 3 is 2.36 bits per heavy atom. The first-order valence-corrected chi connectivity index (χ1v) is 9.10. The molecule has 1 aromatic rings. The van der Waals surface area contributed by atoms with Crippen LogP contribution in [0, 0.1) is 11.3 Å². The van der Waals surface area contributed by atoms with Crippen molar-refractivity contribution in [3.05, 3.63) is 57.6 Å². The molecule has 0 spiro atoms. The molecule has 0 radical (unpaired) electrons. The number of benzene rings is 1. The summed E-state index contributed by atoms with van der Waals surface area (Å²) in [6.45, 7) is 3.55. The molecule has 2 unspecified atom stereocenters. The van der Waals surface area contributed by atoms with Gasteiger partial charge < -0.3 is 10.6 Å². The lowest BCUT2D eigenvalue weighted by Crippen LogP contribution is -2.43. The number of nitrogens with two attached hydrogens (primary N) is 1. The summed E-state index contributed by atoms with van der Waals surface area (Å²) in [6.07, 6.45) is -0.524. The van der Waals surface area contributed by atoms with Crippen molar-refractivity contribution in [2.75, 3.05) is 0 Å². The summed E-state index contributed by atoms with van der Waals surface area (Å²) in [5.74, 6) is -1.09. The molecule has 1 amide bonds. The van der Waals surface area contributed by atoms with Gasteiger partial charge in [0.25, 0.3) is 5.60 Å². The van der Waals surface area contributed by atoms with Gasteiger partial charge in [-0.2, -0.15) is 13.2 Å². The highest BCUT2D eigenvalue weighted by Gasteiger charge is 2.62. The molecule has 1 heterocycles. The molecule has 1 aromatic carbocycles. The van der Waals surface area contributed by atoms with Crippen molar-refractivity contribution >= 4 is 34.8 Å².